The first-order chi connectivity index (χ1) is 31.0. The van der Waals surface area contributed by atoms with Crippen LogP contribution in [-0.4, -0.2) is 47.4 Å². The zero-order valence-electron chi connectivity index (χ0n) is 41.8. The minimum absolute atomic E-state index is 0.0250. The summed E-state index contributed by atoms with van der Waals surface area (Å²) in [6.07, 6.45) is 65.5. The highest BCUT2D eigenvalue weighted by atomic mass is 16.5. The summed E-state index contributed by atoms with van der Waals surface area (Å²) >= 11 is 0. The Balaban J connectivity index is 3.53. The van der Waals surface area contributed by atoms with Crippen molar-refractivity contribution >= 4 is 11.9 Å². The van der Waals surface area contributed by atoms with E-state index < -0.39 is 12.1 Å². The van der Waals surface area contributed by atoms with Gasteiger partial charge in [0, 0.05) is 12.8 Å². The highest BCUT2D eigenvalue weighted by molar-refractivity contribution is 5.76. The Bertz CT molecular complexity index is 1070. The first-order valence-corrected chi connectivity index (χ1v) is 27.4. The SMILES string of the molecule is CCCCC/C=C\CCCCCCCC(=O)OCCCCC/C=C\C=C/CCCCCCCCCCCCC(=O)NC(CO)C(O)/C=C/CCCCCCCCCCCCCCC. The van der Waals surface area contributed by atoms with Gasteiger partial charge in [0.25, 0.3) is 0 Å². The van der Waals surface area contributed by atoms with Crippen LogP contribution in [0.3, 0.4) is 0 Å². The zero-order chi connectivity index (χ0) is 45.8. The van der Waals surface area contributed by atoms with Gasteiger partial charge in [-0.1, -0.05) is 223 Å². The lowest BCUT2D eigenvalue weighted by Crippen LogP contribution is -2.45. The molecule has 0 aromatic heterocycles. The summed E-state index contributed by atoms with van der Waals surface area (Å²) in [5.41, 5.74) is 0. The zero-order valence-corrected chi connectivity index (χ0v) is 41.8. The van der Waals surface area contributed by atoms with Crippen LogP contribution in [0.25, 0.3) is 0 Å². The van der Waals surface area contributed by atoms with Crippen LogP contribution in [0.2, 0.25) is 0 Å². The van der Waals surface area contributed by atoms with Crippen LogP contribution in [-0.2, 0) is 14.3 Å². The van der Waals surface area contributed by atoms with Crippen molar-refractivity contribution in [3.8, 4) is 0 Å². The number of rotatable bonds is 50. The summed E-state index contributed by atoms with van der Waals surface area (Å²) in [6, 6.07) is -0.636. The molecule has 2 atom stereocenters. The van der Waals surface area contributed by atoms with Gasteiger partial charge in [0.05, 0.1) is 25.4 Å². The molecule has 0 aliphatic heterocycles. The summed E-state index contributed by atoms with van der Waals surface area (Å²) in [4.78, 5) is 24.4. The van der Waals surface area contributed by atoms with Crippen LogP contribution in [0.5, 0.6) is 0 Å². The van der Waals surface area contributed by atoms with Gasteiger partial charge < -0.3 is 20.3 Å². The maximum Gasteiger partial charge on any atom is 0.305 e. The second-order valence-corrected chi connectivity index (χ2v) is 18.6. The molecule has 0 fully saturated rings. The average molecular weight is 884 g/mol. The van der Waals surface area contributed by atoms with Gasteiger partial charge in [-0.25, -0.2) is 0 Å². The van der Waals surface area contributed by atoms with Gasteiger partial charge in [-0.2, -0.15) is 0 Å². The standard InChI is InChI=1S/C57H105NO5/c1-3-5-7-9-11-13-15-17-23-26-29-33-37-41-45-49-55(60)54(53-59)58-56(61)50-46-42-38-34-30-27-24-21-19-18-20-22-25-28-32-36-40-44-48-52-63-57(62)51-47-43-39-35-31-16-14-12-10-8-6-4-2/h12,14,22,25,28,32,45,49,54-55,59-60H,3-11,13,15-21,23-24,26-27,29-31,33-44,46-48,50-53H2,1-2H3,(H,58,61)/b14-12-,25-22-,32-28-,49-45+. The Hall–Kier alpha value is -2.18. The van der Waals surface area contributed by atoms with E-state index in [9.17, 15) is 19.8 Å². The molecule has 368 valence electrons. The minimum atomic E-state index is -0.852. The molecule has 0 bridgehead atoms. The largest absolute Gasteiger partial charge is 0.466 e. The number of hydrogen-bond acceptors (Lipinski definition) is 5. The molecule has 0 aromatic rings. The lowest BCUT2D eigenvalue weighted by atomic mass is 10.0. The molecule has 2 unspecified atom stereocenters. The predicted octanol–water partition coefficient (Wildman–Crippen LogP) is 16.6. The third kappa shape index (κ3) is 49.1. The van der Waals surface area contributed by atoms with Crippen molar-refractivity contribution in [2.45, 2.75) is 289 Å². The number of aliphatic hydroxyl groups excluding tert-OH is 2. The smallest absolute Gasteiger partial charge is 0.305 e. The van der Waals surface area contributed by atoms with E-state index in [2.05, 4.69) is 55.6 Å². The minimum Gasteiger partial charge on any atom is -0.466 e. The molecule has 0 rings (SSSR count). The predicted molar refractivity (Wildman–Crippen MR) is 273 cm³/mol. The average Bonchev–Trinajstić information content (AvgIpc) is 3.28. The molecule has 0 heterocycles. The molecule has 0 aromatic carbocycles. The van der Waals surface area contributed by atoms with Crippen molar-refractivity contribution in [3.63, 3.8) is 0 Å². The van der Waals surface area contributed by atoms with Gasteiger partial charge in [0.1, 0.15) is 0 Å². The second kappa shape index (κ2) is 52.4. The molecule has 0 aliphatic carbocycles. The number of carbonyl (C=O) groups is 2. The lowest BCUT2D eigenvalue weighted by molar-refractivity contribution is -0.143. The number of nitrogens with one attached hydrogen (secondary N) is 1. The number of aliphatic hydroxyl groups is 2. The summed E-state index contributed by atoms with van der Waals surface area (Å²) < 4.78 is 5.43. The maximum atomic E-state index is 12.4. The Morgan fingerprint density at radius 1 is 0.444 bits per heavy atom. The third-order valence-electron chi connectivity index (χ3n) is 12.3. The molecule has 3 N–H and O–H groups in total. The fourth-order valence-electron chi connectivity index (χ4n) is 8.09. The molecule has 6 nitrogen and oxygen atoms in total. The van der Waals surface area contributed by atoms with E-state index in [-0.39, 0.29) is 18.5 Å². The number of ether oxygens (including phenoxy) is 1. The Kier molecular flexibility index (Phi) is 50.6. The van der Waals surface area contributed by atoms with Crippen molar-refractivity contribution < 1.29 is 24.5 Å². The molecule has 0 radical (unpaired) electrons. The van der Waals surface area contributed by atoms with E-state index >= 15 is 0 Å². The van der Waals surface area contributed by atoms with E-state index in [0.717, 1.165) is 77.0 Å². The fourth-order valence-corrected chi connectivity index (χ4v) is 8.09. The van der Waals surface area contributed by atoms with Crippen LogP contribution in [0.1, 0.15) is 277 Å². The van der Waals surface area contributed by atoms with Crippen LogP contribution in [0.4, 0.5) is 0 Å². The van der Waals surface area contributed by atoms with E-state index in [0.29, 0.717) is 19.4 Å². The van der Waals surface area contributed by atoms with Gasteiger partial charge in [-0.3, -0.25) is 9.59 Å². The van der Waals surface area contributed by atoms with Crippen LogP contribution in [0.15, 0.2) is 48.6 Å². The van der Waals surface area contributed by atoms with Crippen molar-refractivity contribution in [3.05, 3.63) is 48.6 Å². The topological polar surface area (TPSA) is 95.9 Å². The number of esters is 1. The summed E-state index contributed by atoms with van der Waals surface area (Å²) in [5, 5.41) is 23.1. The molecule has 0 spiro atoms. The first-order valence-electron chi connectivity index (χ1n) is 27.4. The van der Waals surface area contributed by atoms with Crippen LogP contribution in [0, 0.1) is 0 Å². The van der Waals surface area contributed by atoms with Crippen molar-refractivity contribution in [2.75, 3.05) is 13.2 Å². The monoisotopic (exact) mass is 884 g/mol. The fraction of sp³-hybridized carbons (Fsp3) is 0.825. The van der Waals surface area contributed by atoms with Gasteiger partial charge in [-0.05, 0) is 89.9 Å². The first kappa shape index (κ1) is 60.8. The van der Waals surface area contributed by atoms with E-state index in [1.165, 1.54) is 173 Å². The quantitative estimate of drug-likeness (QED) is 0.0245. The van der Waals surface area contributed by atoms with Crippen molar-refractivity contribution in [1.82, 2.24) is 5.32 Å². The molecule has 6 heteroatoms. The lowest BCUT2D eigenvalue weighted by Gasteiger charge is -2.20. The Morgan fingerprint density at radius 2 is 0.794 bits per heavy atom. The molecule has 0 saturated carbocycles. The number of unbranched alkanes of at least 4 members (excludes halogenated alkanes) is 34. The molecular formula is C57H105NO5. The molecule has 0 aliphatic rings. The Labute approximate surface area is 391 Å². The normalized spacial score (nSPS) is 13.0. The second-order valence-electron chi connectivity index (χ2n) is 18.6. The van der Waals surface area contributed by atoms with E-state index in [1.54, 1.807) is 6.08 Å². The van der Waals surface area contributed by atoms with Crippen molar-refractivity contribution in [2.24, 2.45) is 0 Å². The summed E-state index contributed by atoms with van der Waals surface area (Å²) in [5.74, 6) is -0.103. The van der Waals surface area contributed by atoms with Crippen LogP contribution >= 0.6 is 0 Å². The summed E-state index contributed by atoms with van der Waals surface area (Å²) in [7, 11) is 0. The number of hydrogen-bond donors (Lipinski definition) is 3. The third-order valence-corrected chi connectivity index (χ3v) is 12.3. The van der Waals surface area contributed by atoms with E-state index in [4.69, 9.17) is 4.74 Å². The molecule has 1 amide bonds. The van der Waals surface area contributed by atoms with Crippen molar-refractivity contribution in [1.29, 1.82) is 0 Å². The van der Waals surface area contributed by atoms with Gasteiger partial charge in [0.15, 0.2) is 0 Å². The van der Waals surface area contributed by atoms with Gasteiger partial charge in [0.2, 0.25) is 5.91 Å². The number of allylic oxidation sites excluding steroid dienone is 7. The molecule has 63 heavy (non-hydrogen) atoms. The highest BCUT2D eigenvalue weighted by Gasteiger charge is 2.18. The van der Waals surface area contributed by atoms with E-state index in [1.807, 2.05) is 6.08 Å². The molecule has 0 saturated heterocycles. The summed E-state index contributed by atoms with van der Waals surface area (Å²) in [6.45, 7) is 4.83. The Morgan fingerprint density at radius 3 is 1.25 bits per heavy atom. The number of carbonyl (C=O) groups excluding carboxylic acids is 2. The highest BCUT2D eigenvalue weighted by Crippen LogP contribution is 2.15. The maximum absolute atomic E-state index is 12.4. The molecular weight excluding hydrogens is 779 g/mol. The van der Waals surface area contributed by atoms with Crippen LogP contribution < -0.4 is 5.32 Å². The van der Waals surface area contributed by atoms with Gasteiger partial charge >= 0.3 is 5.97 Å². The number of amides is 1. The van der Waals surface area contributed by atoms with Gasteiger partial charge in [-0.15, -0.1) is 0 Å².